The Balaban J connectivity index is 3.33. The molecule has 94 valence electrons. The van der Waals surface area contributed by atoms with Crippen molar-refractivity contribution >= 4 is 5.97 Å². The molecule has 0 bridgehead atoms. The van der Waals surface area contributed by atoms with Gasteiger partial charge in [-0.25, -0.2) is 0 Å². The predicted octanol–water partition coefficient (Wildman–Crippen LogP) is 2.44. The average Bonchev–Trinajstić information content (AvgIpc) is 2.31. The Labute approximate surface area is 102 Å². The van der Waals surface area contributed by atoms with Crippen LogP contribution in [0.4, 0.5) is 0 Å². The topological polar surface area (TPSA) is 57.5 Å². The summed E-state index contributed by atoms with van der Waals surface area (Å²) in [5.41, 5.74) is -0.265. The number of carboxylic acids is 1. The molecule has 3 unspecified atom stereocenters. The molecule has 1 rings (SSSR count). The smallest absolute Gasteiger partial charge is 0.314 e. The predicted molar refractivity (Wildman–Crippen MR) is 66.9 cm³/mol. The molecule has 0 fully saturated rings. The molecular weight excluding hydrogens is 216 g/mol. The highest BCUT2D eigenvalue weighted by atomic mass is 16.4. The number of aliphatic carboxylic acids is 1. The highest BCUT2D eigenvalue weighted by Gasteiger charge is 2.45. The van der Waals surface area contributed by atoms with Gasteiger partial charge in [0.25, 0.3) is 0 Å². The standard InChI is InChI=1S/C14H20O3/c1-4-14(13(16)17,10(2)11(3)15)12-8-6-5-7-9-12/h5-11,15H,4H2,1-3H3,(H,16,17). The Hall–Kier alpha value is -1.35. The van der Waals surface area contributed by atoms with Gasteiger partial charge in [-0.05, 0) is 18.9 Å². The Morgan fingerprint density at radius 1 is 1.29 bits per heavy atom. The molecule has 0 saturated heterocycles. The number of rotatable bonds is 5. The molecule has 0 aliphatic rings. The SMILES string of the molecule is CCC(C(=O)O)(c1ccccc1)C(C)C(C)O. The van der Waals surface area contributed by atoms with Gasteiger partial charge in [-0.3, -0.25) is 4.79 Å². The molecule has 3 nitrogen and oxygen atoms in total. The number of aliphatic hydroxyl groups excluding tert-OH is 1. The fourth-order valence-electron chi connectivity index (χ4n) is 2.41. The average molecular weight is 236 g/mol. The van der Waals surface area contributed by atoms with E-state index in [1.165, 1.54) is 0 Å². The van der Waals surface area contributed by atoms with Gasteiger partial charge in [0.15, 0.2) is 0 Å². The van der Waals surface area contributed by atoms with Gasteiger partial charge in [-0.1, -0.05) is 44.2 Å². The van der Waals surface area contributed by atoms with Gasteiger partial charge >= 0.3 is 5.97 Å². The van der Waals surface area contributed by atoms with Gasteiger partial charge < -0.3 is 10.2 Å². The summed E-state index contributed by atoms with van der Waals surface area (Å²) in [4.78, 5) is 11.7. The highest BCUT2D eigenvalue weighted by Crippen LogP contribution is 2.38. The number of benzene rings is 1. The van der Waals surface area contributed by atoms with Crippen LogP contribution in [0.2, 0.25) is 0 Å². The van der Waals surface area contributed by atoms with E-state index >= 15 is 0 Å². The van der Waals surface area contributed by atoms with E-state index in [1.807, 2.05) is 37.3 Å². The molecule has 0 heterocycles. The summed E-state index contributed by atoms with van der Waals surface area (Å²) in [6, 6.07) is 9.15. The van der Waals surface area contributed by atoms with E-state index in [9.17, 15) is 15.0 Å². The van der Waals surface area contributed by atoms with Crippen LogP contribution in [-0.4, -0.2) is 22.3 Å². The molecule has 0 spiro atoms. The van der Waals surface area contributed by atoms with Crippen molar-refractivity contribution in [2.24, 2.45) is 5.92 Å². The first-order valence-electron chi connectivity index (χ1n) is 5.93. The maximum absolute atomic E-state index is 11.7. The Kier molecular flexibility index (Phi) is 4.29. The van der Waals surface area contributed by atoms with E-state index in [2.05, 4.69) is 0 Å². The molecule has 1 aromatic carbocycles. The van der Waals surface area contributed by atoms with Gasteiger partial charge in [0.05, 0.1) is 11.5 Å². The minimum absolute atomic E-state index is 0.340. The summed E-state index contributed by atoms with van der Waals surface area (Å²) in [7, 11) is 0. The molecule has 3 heteroatoms. The van der Waals surface area contributed by atoms with Crippen LogP contribution >= 0.6 is 0 Å². The summed E-state index contributed by atoms with van der Waals surface area (Å²) in [5.74, 6) is -1.22. The van der Waals surface area contributed by atoms with Crippen LogP contribution < -0.4 is 0 Å². The molecule has 2 N–H and O–H groups in total. The Morgan fingerprint density at radius 2 is 1.82 bits per heavy atom. The van der Waals surface area contributed by atoms with E-state index in [0.717, 1.165) is 5.56 Å². The summed E-state index contributed by atoms with van der Waals surface area (Å²) in [6.07, 6.45) is -0.204. The molecule has 1 aromatic rings. The van der Waals surface area contributed by atoms with Gasteiger partial charge in [0.2, 0.25) is 0 Å². The van der Waals surface area contributed by atoms with Crippen LogP contribution in [0.3, 0.4) is 0 Å². The number of aliphatic hydroxyl groups is 1. The fourth-order valence-corrected chi connectivity index (χ4v) is 2.41. The van der Waals surface area contributed by atoms with Crippen molar-refractivity contribution in [3.63, 3.8) is 0 Å². The minimum atomic E-state index is -1.02. The quantitative estimate of drug-likeness (QED) is 0.825. The molecule has 17 heavy (non-hydrogen) atoms. The Morgan fingerprint density at radius 3 is 2.18 bits per heavy atom. The zero-order valence-electron chi connectivity index (χ0n) is 10.6. The van der Waals surface area contributed by atoms with Crippen molar-refractivity contribution in [2.75, 3.05) is 0 Å². The lowest BCUT2D eigenvalue weighted by molar-refractivity contribution is -0.148. The zero-order valence-corrected chi connectivity index (χ0v) is 10.6. The summed E-state index contributed by atoms with van der Waals surface area (Å²) >= 11 is 0. The van der Waals surface area contributed by atoms with E-state index in [1.54, 1.807) is 13.8 Å². The number of carbonyl (C=O) groups is 1. The van der Waals surface area contributed by atoms with Crippen LogP contribution in [0.5, 0.6) is 0 Å². The largest absolute Gasteiger partial charge is 0.481 e. The molecule has 0 saturated carbocycles. The van der Waals surface area contributed by atoms with E-state index in [0.29, 0.717) is 6.42 Å². The third-order valence-electron chi connectivity index (χ3n) is 3.73. The summed E-state index contributed by atoms with van der Waals surface area (Å²) in [5, 5.41) is 19.3. The molecule has 0 aliphatic heterocycles. The second-order valence-corrected chi connectivity index (χ2v) is 4.53. The van der Waals surface area contributed by atoms with Gasteiger partial charge in [0, 0.05) is 5.92 Å². The first kappa shape index (κ1) is 13.7. The van der Waals surface area contributed by atoms with E-state index in [4.69, 9.17) is 0 Å². The highest BCUT2D eigenvalue weighted by molar-refractivity contribution is 5.81. The van der Waals surface area contributed by atoms with Gasteiger partial charge in [-0.15, -0.1) is 0 Å². The normalized spacial score (nSPS) is 18.1. The third-order valence-corrected chi connectivity index (χ3v) is 3.73. The van der Waals surface area contributed by atoms with Crippen LogP contribution in [0.1, 0.15) is 32.8 Å². The summed E-state index contributed by atoms with van der Waals surface area (Å²) in [6.45, 7) is 5.27. The molecule has 0 aromatic heterocycles. The number of carboxylic acid groups (broad SMARTS) is 1. The third kappa shape index (κ3) is 2.34. The van der Waals surface area contributed by atoms with Crippen molar-refractivity contribution in [2.45, 2.75) is 38.7 Å². The van der Waals surface area contributed by atoms with Crippen molar-refractivity contribution in [3.05, 3.63) is 35.9 Å². The first-order valence-corrected chi connectivity index (χ1v) is 5.93. The lowest BCUT2D eigenvalue weighted by Crippen LogP contribution is -2.45. The maximum atomic E-state index is 11.7. The molecule has 0 radical (unpaired) electrons. The molecule has 0 aliphatic carbocycles. The van der Waals surface area contributed by atoms with Crippen molar-refractivity contribution in [1.82, 2.24) is 0 Å². The van der Waals surface area contributed by atoms with Crippen LogP contribution in [0.25, 0.3) is 0 Å². The van der Waals surface area contributed by atoms with Crippen LogP contribution in [0.15, 0.2) is 30.3 Å². The van der Waals surface area contributed by atoms with E-state index < -0.39 is 17.5 Å². The Bertz CT molecular complexity index is 372. The first-order chi connectivity index (χ1) is 7.96. The fraction of sp³-hybridized carbons (Fsp3) is 0.500. The van der Waals surface area contributed by atoms with Gasteiger partial charge in [0.1, 0.15) is 0 Å². The van der Waals surface area contributed by atoms with Crippen molar-refractivity contribution < 1.29 is 15.0 Å². The number of hydrogen-bond donors (Lipinski definition) is 2. The molecular formula is C14H20O3. The van der Waals surface area contributed by atoms with Crippen molar-refractivity contribution in [1.29, 1.82) is 0 Å². The monoisotopic (exact) mass is 236 g/mol. The minimum Gasteiger partial charge on any atom is -0.481 e. The molecule has 3 atom stereocenters. The van der Waals surface area contributed by atoms with E-state index in [-0.39, 0.29) is 5.92 Å². The van der Waals surface area contributed by atoms with Crippen LogP contribution in [-0.2, 0) is 10.2 Å². The van der Waals surface area contributed by atoms with Crippen molar-refractivity contribution in [3.8, 4) is 0 Å². The molecule has 0 amide bonds. The lowest BCUT2D eigenvalue weighted by atomic mass is 9.67. The second-order valence-electron chi connectivity index (χ2n) is 4.53. The number of hydrogen-bond acceptors (Lipinski definition) is 2. The second kappa shape index (κ2) is 5.32. The zero-order chi connectivity index (χ0) is 13.1. The van der Waals surface area contributed by atoms with Gasteiger partial charge in [-0.2, -0.15) is 0 Å². The maximum Gasteiger partial charge on any atom is 0.314 e. The lowest BCUT2D eigenvalue weighted by Gasteiger charge is -2.36. The van der Waals surface area contributed by atoms with Crippen LogP contribution in [0, 0.1) is 5.92 Å². The summed E-state index contributed by atoms with van der Waals surface area (Å²) < 4.78 is 0.